The highest BCUT2D eigenvalue weighted by Crippen LogP contribution is 2.40. The number of hydroxylamine groups is 2. The Morgan fingerprint density at radius 1 is 1.03 bits per heavy atom. The van der Waals surface area contributed by atoms with Crippen LogP contribution in [-0.2, 0) is 4.84 Å². The molecule has 2 aliphatic heterocycles. The number of benzene rings is 2. The summed E-state index contributed by atoms with van der Waals surface area (Å²) in [5.41, 5.74) is 5.28. The normalized spacial score (nSPS) is 20.7. The zero-order valence-electron chi connectivity index (χ0n) is 21.8. The van der Waals surface area contributed by atoms with Crippen molar-refractivity contribution in [3.8, 4) is 11.5 Å². The van der Waals surface area contributed by atoms with Crippen LogP contribution in [0.2, 0.25) is 5.02 Å². The van der Waals surface area contributed by atoms with Crippen molar-refractivity contribution in [2.24, 2.45) is 0 Å². The number of fused-ring (bicyclic) bond motifs is 1. The molecule has 2 aromatic rings. The standard InChI is InChI=1S/C28H40ClN3O3/c1-20-21(2)27(35-17-7-14-30(3)34-5)13-11-24(20)26-9-6-8-23-19-31(15-16-32(23)26)22-10-12-25(29)28(18-22)33-4/h10-13,18,23,26H,6-9,14-17,19H2,1-5H3/t23-,26+/m0/s1. The Morgan fingerprint density at radius 3 is 2.63 bits per heavy atom. The molecule has 2 aliphatic rings. The Kier molecular flexibility index (Phi) is 8.82. The van der Waals surface area contributed by atoms with Gasteiger partial charge in [-0.25, -0.2) is 0 Å². The molecular formula is C28H40ClN3O3. The van der Waals surface area contributed by atoms with E-state index in [0.717, 1.165) is 44.1 Å². The van der Waals surface area contributed by atoms with Gasteiger partial charge in [0.2, 0.25) is 0 Å². The molecular weight excluding hydrogens is 462 g/mol. The third kappa shape index (κ3) is 5.88. The van der Waals surface area contributed by atoms with E-state index in [4.69, 9.17) is 25.9 Å². The van der Waals surface area contributed by atoms with Gasteiger partial charge in [0.05, 0.1) is 25.8 Å². The number of methoxy groups -OCH3 is 1. The molecule has 7 heteroatoms. The van der Waals surface area contributed by atoms with Gasteiger partial charge >= 0.3 is 0 Å². The molecule has 0 N–H and O–H groups in total. The van der Waals surface area contributed by atoms with E-state index in [1.165, 1.54) is 41.6 Å². The quantitative estimate of drug-likeness (QED) is 0.327. The van der Waals surface area contributed by atoms with E-state index in [1.807, 2.05) is 18.2 Å². The van der Waals surface area contributed by atoms with Gasteiger partial charge in [-0.15, -0.1) is 0 Å². The van der Waals surface area contributed by atoms with Crippen LogP contribution in [0.25, 0.3) is 0 Å². The average molecular weight is 502 g/mol. The first-order valence-corrected chi connectivity index (χ1v) is 13.1. The van der Waals surface area contributed by atoms with Gasteiger partial charge in [-0.2, -0.15) is 5.06 Å². The number of rotatable bonds is 9. The zero-order valence-corrected chi connectivity index (χ0v) is 22.6. The smallest absolute Gasteiger partial charge is 0.139 e. The second kappa shape index (κ2) is 11.8. The molecule has 2 fully saturated rings. The second-order valence-electron chi connectivity index (χ2n) is 9.74. The first kappa shape index (κ1) is 26.1. The van der Waals surface area contributed by atoms with Crippen molar-refractivity contribution in [3.05, 3.63) is 52.0 Å². The van der Waals surface area contributed by atoms with Gasteiger partial charge in [-0.1, -0.05) is 17.7 Å². The van der Waals surface area contributed by atoms with Crippen LogP contribution in [0.3, 0.4) is 0 Å². The Balaban J connectivity index is 1.43. The van der Waals surface area contributed by atoms with Crippen LogP contribution in [0.1, 0.15) is 48.4 Å². The van der Waals surface area contributed by atoms with Crippen molar-refractivity contribution in [1.82, 2.24) is 9.96 Å². The molecule has 2 heterocycles. The van der Waals surface area contributed by atoms with E-state index in [1.54, 1.807) is 14.2 Å². The predicted octanol–water partition coefficient (Wildman–Crippen LogP) is 5.64. The van der Waals surface area contributed by atoms with Crippen molar-refractivity contribution in [2.75, 3.05) is 59.0 Å². The molecule has 0 bridgehead atoms. The molecule has 4 rings (SSSR count). The minimum Gasteiger partial charge on any atom is -0.495 e. The highest BCUT2D eigenvalue weighted by Gasteiger charge is 2.36. The van der Waals surface area contributed by atoms with Crippen LogP contribution in [0.4, 0.5) is 5.69 Å². The topological polar surface area (TPSA) is 37.4 Å². The number of halogens is 1. The summed E-state index contributed by atoms with van der Waals surface area (Å²) in [6, 6.07) is 11.6. The number of piperazine rings is 1. The van der Waals surface area contributed by atoms with Crippen molar-refractivity contribution in [3.63, 3.8) is 0 Å². The van der Waals surface area contributed by atoms with E-state index in [9.17, 15) is 0 Å². The minimum atomic E-state index is 0.471. The van der Waals surface area contributed by atoms with Crippen molar-refractivity contribution < 1.29 is 14.3 Å². The molecule has 2 atom stereocenters. The maximum absolute atomic E-state index is 6.26. The molecule has 0 radical (unpaired) electrons. The summed E-state index contributed by atoms with van der Waals surface area (Å²) < 4.78 is 11.6. The van der Waals surface area contributed by atoms with Crippen molar-refractivity contribution >= 4 is 17.3 Å². The predicted molar refractivity (Wildman–Crippen MR) is 143 cm³/mol. The molecule has 0 unspecified atom stereocenters. The molecule has 0 aliphatic carbocycles. The molecule has 2 saturated heterocycles. The highest BCUT2D eigenvalue weighted by molar-refractivity contribution is 6.32. The van der Waals surface area contributed by atoms with Gasteiger partial charge in [-0.3, -0.25) is 4.90 Å². The summed E-state index contributed by atoms with van der Waals surface area (Å²) in [7, 11) is 5.31. The first-order valence-electron chi connectivity index (χ1n) is 12.7. The van der Waals surface area contributed by atoms with Crippen LogP contribution >= 0.6 is 11.6 Å². The van der Waals surface area contributed by atoms with E-state index >= 15 is 0 Å². The molecule has 192 valence electrons. The van der Waals surface area contributed by atoms with Gasteiger partial charge in [0.15, 0.2) is 0 Å². The molecule has 0 spiro atoms. The fourth-order valence-electron chi connectivity index (χ4n) is 5.56. The maximum atomic E-state index is 6.26. The Labute approximate surface area is 215 Å². The fourth-order valence-corrected chi connectivity index (χ4v) is 5.75. The van der Waals surface area contributed by atoms with Crippen LogP contribution in [0.5, 0.6) is 11.5 Å². The van der Waals surface area contributed by atoms with Crippen LogP contribution in [0.15, 0.2) is 30.3 Å². The summed E-state index contributed by atoms with van der Waals surface area (Å²) in [5, 5.41) is 2.49. The minimum absolute atomic E-state index is 0.471. The van der Waals surface area contributed by atoms with E-state index in [-0.39, 0.29) is 0 Å². The Morgan fingerprint density at radius 2 is 1.86 bits per heavy atom. The summed E-state index contributed by atoms with van der Waals surface area (Å²) in [6.45, 7) is 9.10. The molecule has 0 saturated carbocycles. The Bertz CT molecular complexity index is 1000. The van der Waals surface area contributed by atoms with Gasteiger partial charge in [0.25, 0.3) is 0 Å². The molecule has 0 aromatic heterocycles. The lowest BCUT2D eigenvalue weighted by Crippen LogP contribution is -2.56. The monoisotopic (exact) mass is 501 g/mol. The number of ether oxygens (including phenoxy) is 2. The lowest BCUT2D eigenvalue weighted by Gasteiger charge is -2.49. The SMILES string of the molecule is COc1cc(N2CCN3[C@@H](CCC[C@@H]3c3ccc(OCCCN(C)OC)c(C)c3C)C2)ccc1Cl. The van der Waals surface area contributed by atoms with Crippen LogP contribution in [0, 0.1) is 13.8 Å². The van der Waals surface area contributed by atoms with Gasteiger partial charge in [0.1, 0.15) is 11.5 Å². The molecule has 6 nitrogen and oxygen atoms in total. The van der Waals surface area contributed by atoms with E-state index in [0.29, 0.717) is 23.7 Å². The highest BCUT2D eigenvalue weighted by atomic mass is 35.5. The van der Waals surface area contributed by atoms with Crippen LogP contribution in [-0.4, -0.2) is 70.1 Å². The largest absolute Gasteiger partial charge is 0.495 e. The number of hydrogen-bond donors (Lipinski definition) is 0. The third-order valence-corrected chi connectivity index (χ3v) is 8.08. The molecule has 2 aromatic carbocycles. The van der Waals surface area contributed by atoms with Gasteiger partial charge < -0.3 is 19.2 Å². The summed E-state index contributed by atoms with van der Waals surface area (Å²) in [5.74, 6) is 1.74. The fraction of sp³-hybridized carbons (Fsp3) is 0.571. The number of anilines is 1. The third-order valence-electron chi connectivity index (χ3n) is 7.77. The lowest BCUT2D eigenvalue weighted by molar-refractivity contribution is -0.110. The lowest BCUT2D eigenvalue weighted by atomic mass is 9.86. The van der Waals surface area contributed by atoms with Crippen LogP contribution < -0.4 is 14.4 Å². The van der Waals surface area contributed by atoms with E-state index in [2.05, 4.69) is 47.9 Å². The van der Waals surface area contributed by atoms with Crippen molar-refractivity contribution in [2.45, 2.75) is 51.6 Å². The average Bonchev–Trinajstić information content (AvgIpc) is 2.88. The number of nitrogens with zero attached hydrogens (tertiary/aromatic N) is 3. The maximum Gasteiger partial charge on any atom is 0.139 e. The first-order chi connectivity index (χ1) is 16.9. The molecule has 35 heavy (non-hydrogen) atoms. The van der Waals surface area contributed by atoms with Gasteiger partial charge in [0, 0.05) is 57.1 Å². The van der Waals surface area contributed by atoms with Crippen molar-refractivity contribution in [1.29, 1.82) is 0 Å². The second-order valence-corrected chi connectivity index (χ2v) is 10.1. The van der Waals surface area contributed by atoms with Gasteiger partial charge in [-0.05, 0) is 74.4 Å². The summed E-state index contributed by atoms with van der Waals surface area (Å²) in [4.78, 5) is 10.4. The number of hydrogen-bond acceptors (Lipinski definition) is 6. The van der Waals surface area contributed by atoms with E-state index < -0.39 is 0 Å². The molecule has 0 amide bonds. The zero-order chi connectivity index (χ0) is 24.9. The summed E-state index contributed by atoms with van der Waals surface area (Å²) >= 11 is 6.26. The summed E-state index contributed by atoms with van der Waals surface area (Å²) in [6.07, 6.45) is 4.65. The number of piperidine rings is 1. The Hall–Kier alpha value is -1.99.